The molecule has 5 rings (SSSR count). The van der Waals surface area contributed by atoms with Crippen LogP contribution in [-0.2, 0) is 17.8 Å². The number of para-hydroxylation sites is 2. The minimum absolute atomic E-state index is 0.202. The molecule has 0 fully saturated rings. The van der Waals surface area contributed by atoms with Gasteiger partial charge in [0.05, 0.1) is 18.8 Å². The molecule has 6 nitrogen and oxygen atoms in total. The monoisotopic (exact) mass is 442 g/mol. The maximum Gasteiger partial charge on any atom is 0.153 e. The van der Waals surface area contributed by atoms with Crippen LogP contribution in [0.4, 0.5) is 0 Å². The number of aliphatic carboxylic acids is 1. The van der Waals surface area contributed by atoms with E-state index in [1.165, 1.54) is 0 Å². The highest BCUT2D eigenvalue weighted by Gasteiger charge is 2.35. The van der Waals surface area contributed by atoms with Crippen LogP contribution in [0.2, 0.25) is 0 Å². The van der Waals surface area contributed by atoms with Gasteiger partial charge < -0.3 is 29.7 Å². The summed E-state index contributed by atoms with van der Waals surface area (Å²) in [6, 6.07) is 21.0. The van der Waals surface area contributed by atoms with Crippen molar-refractivity contribution in [3.8, 4) is 11.5 Å². The summed E-state index contributed by atoms with van der Waals surface area (Å²) in [4.78, 5) is 15.4. The van der Waals surface area contributed by atoms with Crippen LogP contribution in [-0.4, -0.2) is 24.1 Å². The maximum absolute atomic E-state index is 11.9. The highest BCUT2D eigenvalue weighted by molar-refractivity contribution is 5.86. The first-order chi connectivity index (χ1) is 16.0. The summed E-state index contributed by atoms with van der Waals surface area (Å²) in [6.45, 7) is 2.36. The first-order valence-electron chi connectivity index (χ1n) is 11.1. The van der Waals surface area contributed by atoms with E-state index in [4.69, 9.17) is 9.47 Å². The zero-order valence-electron chi connectivity index (χ0n) is 18.6. The van der Waals surface area contributed by atoms with Crippen LogP contribution in [0.3, 0.4) is 0 Å². The molecule has 2 atom stereocenters. The lowest BCUT2D eigenvalue weighted by Crippen LogP contribution is -2.95. The molecule has 0 aliphatic carbocycles. The molecule has 168 valence electrons. The number of aryl methyl sites for hydroxylation is 1. The van der Waals surface area contributed by atoms with Gasteiger partial charge in [0.15, 0.2) is 6.04 Å². The number of H-pyrrole nitrogens is 1. The zero-order chi connectivity index (χ0) is 22.9. The van der Waals surface area contributed by atoms with Crippen LogP contribution in [0, 0.1) is 6.92 Å². The van der Waals surface area contributed by atoms with E-state index in [2.05, 4.69) is 4.98 Å². The molecule has 33 heavy (non-hydrogen) atoms. The average Bonchev–Trinajstić information content (AvgIpc) is 3.21. The molecule has 0 bridgehead atoms. The van der Waals surface area contributed by atoms with E-state index in [0.717, 1.165) is 50.3 Å². The molecule has 0 radical (unpaired) electrons. The molecule has 0 spiro atoms. The van der Waals surface area contributed by atoms with Crippen LogP contribution in [0.25, 0.3) is 10.9 Å². The van der Waals surface area contributed by atoms with Crippen molar-refractivity contribution >= 4 is 16.9 Å². The highest BCUT2D eigenvalue weighted by Crippen LogP contribution is 2.33. The Hall–Kier alpha value is -3.77. The number of rotatable bonds is 6. The van der Waals surface area contributed by atoms with E-state index in [0.29, 0.717) is 13.0 Å². The lowest BCUT2D eigenvalue weighted by molar-refractivity contribution is -0.717. The van der Waals surface area contributed by atoms with E-state index >= 15 is 0 Å². The summed E-state index contributed by atoms with van der Waals surface area (Å²) in [5.74, 6) is 0.508. The Labute approximate surface area is 192 Å². The van der Waals surface area contributed by atoms with E-state index in [9.17, 15) is 9.90 Å². The lowest BCUT2D eigenvalue weighted by atomic mass is 9.89. The normalized spacial score (nSPS) is 17.5. The van der Waals surface area contributed by atoms with Crippen LogP contribution in [0.1, 0.15) is 34.0 Å². The number of nitrogens with one attached hydrogen (secondary N) is 1. The number of hydrogen-bond acceptors (Lipinski definition) is 4. The summed E-state index contributed by atoms with van der Waals surface area (Å²) < 4.78 is 11.7. The van der Waals surface area contributed by atoms with E-state index in [1.54, 1.807) is 7.11 Å². The van der Waals surface area contributed by atoms with Crippen molar-refractivity contribution < 1.29 is 24.7 Å². The number of ether oxygens (including phenoxy) is 2. The number of methoxy groups -OCH3 is 1. The Bertz CT molecular complexity index is 1330. The molecule has 0 amide bonds. The second-order valence-corrected chi connectivity index (χ2v) is 8.49. The average molecular weight is 443 g/mol. The van der Waals surface area contributed by atoms with Gasteiger partial charge in [-0.05, 0) is 48.4 Å². The summed E-state index contributed by atoms with van der Waals surface area (Å²) in [5, 5.41) is 14.8. The number of hydrogen-bond donors (Lipinski definition) is 2. The lowest BCUT2D eigenvalue weighted by Gasteiger charge is -2.29. The molecule has 2 heterocycles. The summed E-state index contributed by atoms with van der Waals surface area (Å²) in [7, 11) is 1.64. The topological polar surface area (TPSA) is 91.0 Å². The predicted molar refractivity (Wildman–Crippen MR) is 123 cm³/mol. The van der Waals surface area contributed by atoms with Crippen molar-refractivity contribution in [1.82, 2.24) is 4.98 Å². The Morgan fingerprint density at radius 2 is 1.88 bits per heavy atom. The third-order valence-electron chi connectivity index (χ3n) is 6.45. The first-order valence-corrected chi connectivity index (χ1v) is 11.1. The molecule has 1 aliphatic heterocycles. The largest absolute Gasteiger partial charge is 0.544 e. The molecular formula is C27H26N2O4. The van der Waals surface area contributed by atoms with Crippen LogP contribution < -0.4 is 19.9 Å². The number of carbonyl (C=O) groups excluding carboxylic acids is 1. The smallest absolute Gasteiger partial charge is 0.153 e. The molecule has 6 heteroatoms. The quantitative estimate of drug-likeness (QED) is 0.480. The minimum Gasteiger partial charge on any atom is -0.544 e. The van der Waals surface area contributed by atoms with Gasteiger partial charge in [-0.1, -0.05) is 36.4 Å². The first kappa shape index (κ1) is 21.1. The minimum atomic E-state index is -1.05. The molecule has 3 N–H and O–H groups in total. The van der Waals surface area contributed by atoms with Crippen molar-refractivity contribution in [3.63, 3.8) is 0 Å². The van der Waals surface area contributed by atoms with Crippen LogP contribution in [0.15, 0.2) is 66.7 Å². The number of benzene rings is 3. The fraction of sp³-hybridized carbons (Fsp3) is 0.222. The third kappa shape index (κ3) is 3.94. The fourth-order valence-corrected chi connectivity index (χ4v) is 4.74. The number of carboxylic acids is 1. The molecule has 0 saturated carbocycles. The van der Waals surface area contributed by atoms with E-state index in [-0.39, 0.29) is 6.04 Å². The van der Waals surface area contributed by atoms with Crippen molar-refractivity contribution in [3.05, 3.63) is 94.7 Å². The fourth-order valence-electron chi connectivity index (χ4n) is 4.74. The van der Waals surface area contributed by atoms with Gasteiger partial charge in [-0.25, -0.2) is 0 Å². The van der Waals surface area contributed by atoms with E-state index in [1.807, 2.05) is 79.0 Å². The SMILES string of the molecule is COc1ccc([C@H]2[NH2+][C@H](C(=O)[O-])Cc3c2[nH]c2ccccc32)cc1COc1ccccc1C. The number of aromatic amines is 1. The van der Waals surface area contributed by atoms with Crippen molar-refractivity contribution in [2.45, 2.75) is 32.0 Å². The van der Waals surface area contributed by atoms with Crippen LogP contribution in [0.5, 0.6) is 11.5 Å². The number of quaternary nitrogens is 1. The molecular weight excluding hydrogens is 416 g/mol. The van der Waals surface area contributed by atoms with Gasteiger partial charge in [-0.3, -0.25) is 0 Å². The Balaban J connectivity index is 1.54. The van der Waals surface area contributed by atoms with Gasteiger partial charge in [-0.15, -0.1) is 0 Å². The molecule has 4 aromatic rings. The summed E-state index contributed by atoms with van der Waals surface area (Å²) in [6.07, 6.45) is 0.428. The van der Waals surface area contributed by atoms with Gasteiger partial charge in [0.25, 0.3) is 0 Å². The molecule has 3 aromatic carbocycles. The van der Waals surface area contributed by atoms with Gasteiger partial charge >= 0.3 is 0 Å². The summed E-state index contributed by atoms with van der Waals surface area (Å²) >= 11 is 0. The summed E-state index contributed by atoms with van der Waals surface area (Å²) in [5.41, 5.74) is 6.03. The van der Waals surface area contributed by atoms with Crippen LogP contribution >= 0.6 is 0 Å². The van der Waals surface area contributed by atoms with Crippen molar-refractivity contribution in [2.24, 2.45) is 0 Å². The van der Waals surface area contributed by atoms with E-state index < -0.39 is 12.0 Å². The molecule has 0 unspecified atom stereocenters. The number of aromatic nitrogens is 1. The zero-order valence-corrected chi connectivity index (χ0v) is 18.6. The number of fused-ring (bicyclic) bond motifs is 3. The van der Waals surface area contributed by atoms with Gasteiger partial charge in [0, 0.05) is 28.5 Å². The van der Waals surface area contributed by atoms with Gasteiger partial charge in [0.2, 0.25) is 0 Å². The third-order valence-corrected chi connectivity index (χ3v) is 6.45. The molecule has 1 aliphatic rings. The number of carbonyl (C=O) groups is 1. The second-order valence-electron chi connectivity index (χ2n) is 8.49. The highest BCUT2D eigenvalue weighted by atomic mass is 16.5. The predicted octanol–water partition coefficient (Wildman–Crippen LogP) is 2.39. The number of nitrogens with two attached hydrogens (primary N) is 1. The van der Waals surface area contributed by atoms with Crippen molar-refractivity contribution in [1.29, 1.82) is 0 Å². The maximum atomic E-state index is 11.9. The second kappa shape index (κ2) is 8.64. The number of carboxylic acid groups (broad SMARTS) is 1. The molecule has 1 aromatic heterocycles. The Morgan fingerprint density at radius 3 is 2.67 bits per heavy atom. The molecule has 0 saturated heterocycles. The Kier molecular flexibility index (Phi) is 5.52. The van der Waals surface area contributed by atoms with Gasteiger partial charge in [0.1, 0.15) is 24.1 Å². The Morgan fingerprint density at radius 1 is 1.09 bits per heavy atom. The standard InChI is InChI=1S/C27H26N2O4/c1-16-7-3-6-10-23(16)33-15-18-13-17(11-12-24(18)32-2)25-26-20(14-22(29-25)27(30)31)19-8-4-5-9-21(19)28-26/h3-13,22,25,28-29H,14-15H2,1-2H3,(H,30,31)/t22-,25+/m0/s1. The van der Waals surface area contributed by atoms with Crippen molar-refractivity contribution in [2.75, 3.05) is 7.11 Å². The van der Waals surface area contributed by atoms with Gasteiger partial charge in [-0.2, -0.15) is 0 Å².